The van der Waals surface area contributed by atoms with E-state index in [9.17, 15) is 14.4 Å². The van der Waals surface area contributed by atoms with Gasteiger partial charge in [-0.15, -0.1) is 0 Å². The first-order valence-corrected chi connectivity index (χ1v) is 9.16. The van der Waals surface area contributed by atoms with E-state index in [-0.39, 0.29) is 29.8 Å². The molecule has 28 heavy (non-hydrogen) atoms. The fourth-order valence-electron chi connectivity index (χ4n) is 3.19. The molecule has 3 aromatic rings. The Morgan fingerprint density at radius 3 is 2.54 bits per heavy atom. The standard InChI is InChI=1S/C20H23N5O3/c1-5-24-11-16(17(26)15-7-6-12(2)22-18(15)24)19(27)21-8-9-25-14(4)10-13(3)23-20(25)28/h6-7,10-11H,5,8-9H2,1-4H3,(H,21,27). The van der Waals surface area contributed by atoms with Gasteiger partial charge in [0.25, 0.3) is 5.91 Å². The summed E-state index contributed by atoms with van der Waals surface area (Å²) >= 11 is 0. The molecule has 8 heteroatoms. The number of rotatable bonds is 5. The first-order chi connectivity index (χ1) is 13.3. The van der Waals surface area contributed by atoms with Crippen LogP contribution < -0.4 is 16.4 Å². The predicted octanol–water partition coefficient (Wildman–Crippen LogP) is 1.33. The Kier molecular flexibility index (Phi) is 5.39. The summed E-state index contributed by atoms with van der Waals surface area (Å²) in [6.45, 7) is 8.42. The van der Waals surface area contributed by atoms with Crippen molar-refractivity contribution in [3.63, 3.8) is 0 Å². The van der Waals surface area contributed by atoms with Crippen LogP contribution in [0.5, 0.6) is 0 Å². The number of amides is 1. The van der Waals surface area contributed by atoms with Gasteiger partial charge in [-0.1, -0.05) is 0 Å². The summed E-state index contributed by atoms with van der Waals surface area (Å²) in [6, 6.07) is 5.26. The van der Waals surface area contributed by atoms with E-state index in [4.69, 9.17) is 0 Å². The summed E-state index contributed by atoms with van der Waals surface area (Å²) < 4.78 is 3.28. The number of nitrogens with one attached hydrogen (secondary N) is 1. The Labute approximate surface area is 161 Å². The van der Waals surface area contributed by atoms with Crippen LogP contribution in [0.3, 0.4) is 0 Å². The number of carbonyl (C=O) groups excluding carboxylic acids is 1. The molecule has 3 heterocycles. The molecule has 146 valence electrons. The Bertz CT molecular complexity index is 1180. The smallest absolute Gasteiger partial charge is 0.348 e. The van der Waals surface area contributed by atoms with Crippen LogP contribution in [-0.4, -0.2) is 31.6 Å². The third kappa shape index (κ3) is 3.71. The highest BCUT2D eigenvalue weighted by atomic mass is 16.2. The lowest BCUT2D eigenvalue weighted by molar-refractivity contribution is 0.0950. The quantitative estimate of drug-likeness (QED) is 0.719. The zero-order valence-electron chi connectivity index (χ0n) is 16.4. The monoisotopic (exact) mass is 381 g/mol. The maximum absolute atomic E-state index is 12.7. The summed E-state index contributed by atoms with van der Waals surface area (Å²) in [6.07, 6.45) is 1.54. The number of hydrogen-bond acceptors (Lipinski definition) is 5. The Hall–Kier alpha value is -3.29. The highest BCUT2D eigenvalue weighted by Gasteiger charge is 2.16. The molecular weight excluding hydrogens is 358 g/mol. The molecule has 1 N–H and O–H groups in total. The van der Waals surface area contributed by atoms with Crippen molar-refractivity contribution in [2.45, 2.75) is 40.8 Å². The van der Waals surface area contributed by atoms with Crippen molar-refractivity contribution in [1.29, 1.82) is 0 Å². The molecule has 8 nitrogen and oxygen atoms in total. The minimum Gasteiger partial charge on any atom is -0.350 e. The molecule has 0 radical (unpaired) electrons. The lowest BCUT2D eigenvalue weighted by atomic mass is 10.1. The average Bonchev–Trinajstić information content (AvgIpc) is 2.64. The summed E-state index contributed by atoms with van der Waals surface area (Å²) in [4.78, 5) is 45.7. The number of nitrogens with zero attached hydrogens (tertiary/aromatic N) is 4. The van der Waals surface area contributed by atoms with Crippen LogP contribution in [0.4, 0.5) is 0 Å². The molecule has 0 saturated carbocycles. The van der Waals surface area contributed by atoms with E-state index in [1.54, 1.807) is 29.7 Å². The van der Waals surface area contributed by atoms with Crippen molar-refractivity contribution in [3.05, 3.63) is 67.7 Å². The number of hydrogen-bond donors (Lipinski definition) is 1. The molecule has 0 aliphatic heterocycles. The van der Waals surface area contributed by atoms with Gasteiger partial charge in [-0.25, -0.2) is 9.78 Å². The lowest BCUT2D eigenvalue weighted by Crippen LogP contribution is -2.35. The summed E-state index contributed by atoms with van der Waals surface area (Å²) in [7, 11) is 0. The van der Waals surface area contributed by atoms with Gasteiger partial charge in [0.1, 0.15) is 11.2 Å². The van der Waals surface area contributed by atoms with Crippen LogP contribution in [0.1, 0.15) is 34.4 Å². The van der Waals surface area contributed by atoms with Crippen molar-refractivity contribution < 1.29 is 4.79 Å². The zero-order chi connectivity index (χ0) is 20.4. The van der Waals surface area contributed by atoms with Crippen LogP contribution >= 0.6 is 0 Å². The van der Waals surface area contributed by atoms with E-state index in [0.29, 0.717) is 23.3 Å². The predicted molar refractivity (Wildman–Crippen MR) is 107 cm³/mol. The maximum Gasteiger partial charge on any atom is 0.348 e. The number of carbonyl (C=O) groups is 1. The van der Waals surface area contributed by atoms with Gasteiger partial charge >= 0.3 is 5.69 Å². The summed E-state index contributed by atoms with van der Waals surface area (Å²) in [5, 5.41) is 3.14. The molecule has 3 aromatic heterocycles. The van der Waals surface area contributed by atoms with E-state index < -0.39 is 5.91 Å². The molecule has 0 unspecified atom stereocenters. The average molecular weight is 381 g/mol. The largest absolute Gasteiger partial charge is 0.350 e. The molecule has 0 spiro atoms. The Morgan fingerprint density at radius 2 is 1.86 bits per heavy atom. The van der Waals surface area contributed by atoms with E-state index in [0.717, 1.165) is 11.4 Å². The third-order valence-corrected chi connectivity index (χ3v) is 4.61. The van der Waals surface area contributed by atoms with Crippen molar-refractivity contribution >= 4 is 16.9 Å². The highest BCUT2D eigenvalue weighted by molar-refractivity contribution is 5.96. The van der Waals surface area contributed by atoms with Crippen molar-refractivity contribution in [3.8, 4) is 0 Å². The van der Waals surface area contributed by atoms with E-state index in [1.165, 1.54) is 10.8 Å². The highest BCUT2D eigenvalue weighted by Crippen LogP contribution is 2.11. The fraction of sp³-hybridized carbons (Fsp3) is 0.350. The van der Waals surface area contributed by atoms with Crippen molar-refractivity contribution in [2.24, 2.45) is 0 Å². The number of aryl methyl sites for hydroxylation is 4. The van der Waals surface area contributed by atoms with Crippen LogP contribution in [0.15, 0.2) is 34.0 Å². The van der Waals surface area contributed by atoms with Gasteiger partial charge in [0, 0.05) is 42.9 Å². The Morgan fingerprint density at radius 1 is 1.11 bits per heavy atom. The van der Waals surface area contributed by atoms with Gasteiger partial charge in [0.05, 0.1) is 5.39 Å². The Balaban J connectivity index is 1.84. The van der Waals surface area contributed by atoms with Crippen molar-refractivity contribution in [1.82, 2.24) is 24.4 Å². The molecular formula is C20H23N5O3. The maximum atomic E-state index is 12.7. The van der Waals surface area contributed by atoms with E-state index in [1.807, 2.05) is 20.8 Å². The molecule has 0 aromatic carbocycles. The van der Waals surface area contributed by atoms with Gasteiger partial charge in [-0.3, -0.25) is 14.2 Å². The van der Waals surface area contributed by atoms with Gasteiger partial charge in [0.15, 0.2) is 0 Å². The zero-order valence-corrected chi connectivity index (χ0v) is 16.4. The number of fused-ring (bicyclic) bond motifs is 1. The van der Waals surface area contributed by atoms with Crippen LogP contribution in [0.25, 0.3) is 11.0 Å². The van der Waals surface area contributed by atoms with Gasteiger partial charge in [-0.2, -0.15) is 4.98 Å². The van der Waals surface area contributed by atoms with E-state index in [2.05, 4.69) is 15.3 Å². The fourth-order valence-corrected chi connectivity index (χ4v) is 3.19. The van der Waals surface area contributed by atoms with Gasteiger partial charge < -0.3 is 9.88 Å². The minimum absolute atomic E-state index is 0.0612. The normalized spacial score (nSPS) is 11.0. The number of pyridine rings is 2. The van der Waals surface area contributed by atoms with Crippen LogP contribution in [0, 0.1) is 20.8 Å². The van der Waals surface area contributed by atoms with Crippen LogP contribution in [0.2, 0.25) is 0 Å². The molecule has 0 bridgehead atoms. The second-order valence-corrected chi connectivity index (χ2v) is 6.71. The molecule has 1 amide bonds. The minimum atomic E-state index is -0.472. The third-order valence-electron chi connectivity index (χ3n) is 4.61. The topological polar surface area (TPSA) is 98.9 Å². The molecule has 0 aliphatic carbocycles. The second-order valence-electron chi connectivity index (χ2n) is 6.71. The first kappa shape index (κ1) is 19.5. The second kappa shape index (κ2) is 7.75. The molecule has 0 saturated heterocycles. The number of aromatic nitrogens is 4. The van der Waals surface area contributed by atoms with Gasteiger partial charge in [-0.05, 0) is 45.9 Å². The summed E-state index contributed by atoms with van der Waals surface area (Å²) in [5.74, 6) is -0.472. The molecule has 0 aliphatic rings. The summed E-state index contributed by atoms with van der Waals surface area (Å²) in [5.41, 5.74) is 2.15. The SMILES string of the molecule is CCn1cc(C(=O)NCCn2c(C)cc(C)nc2=O)c(=O)c2ccc(C)nc21. The van der Waals surface area contributed by atoms with Crippen LogP contribution in [-0.2, 0) is 13.1 Å². The molecule has 0 atom stereocenters. The lowest BCUT2D eigenvalue weighted by Gasteiger charge is -2.13. The van der Waals surface area contributed by atoms with E-state index >= 15 is 0 Å². The van der Waals surface area contributed by atoms with Crippen molar-refractivity contribution in [2.75, 3.05) is 6.54 Å². The first-order valence-electron chi connectivity index (χ1n) is 9.16. The van der Waals surface area contributed by atoms with Gasteiger partial charge in [0.2, 0.25) is 5.43 Å². The molecule has 3 rings (SSSR count). The molecule has 0 fully saturated rings.